The first-order chi connectivity index (χ1) is 27.1. The minimum atomic E-state index is -3.23. The predicted molar refractivity (Wildman–Crippen MR) is 177 cm³/mol. The number of ketones is 1. The van der Waals surface area contributed by atoms with Crippen molar-refractivity contribution in [2.45, 2.75) is 75.0 Å². The lowest BCUT2D eigenvalue weighted by Crippen LogP contribution is -2.38. The van der Waals surface area contributed by atoms with Gasteiger partial charge in [-0.15, -0.1) is 10.2 Å². The minimum absolute atomic E-state index is 0.00461. The van der Waals surface area contributed by atoms with Crippen molar-refractivity contribution in [3.8, 4) is 11.5 Å². The van der Waals surface area contributed by atoms with Crippen LogP contribution >= 0.6 is 0 Å². The van der Waals surface area contributed by atoms with E-state index in [-0.39, 0.29) is 46.8 Å². The molecule has 2 aromatic carbocycles. The van der Waals surface area contributed by atoms with Gasteiger partial charge >= 0.3 is 12.9 Å². The van der Waals surface area contributed by atoms with E-state index in [9.17, 15) is 53.5 Å². The molecule has 57 heavy (non-hydrogen) atoms. The van der Waals surface area contributed by atoms with E-state index >= 15 is 0 Å². The van der Waals surface area contributed by atoms with Crippen LogP contribution in [-0.4, -0.2) is 54.8 Å². The van der Waals surface area contributed by atoms with E-state index in [0.717, 1.165) is 25.0 Å². The van der Waals surface area contributed by atoms with Gasteiger partial charge < -0.3 is 9.73 Å². The van der Waals surface area contributed by atoms with Crippen LogP contribution in [0, 0.1) is 34.9 Å². The highest BCUT2D eigenvalue weighted by Gasteiger charge is 2.43. The maximum atomic E-state index is 14.3. The van der Waals surface area contributed by atoms with Crippen molar-refractivity contribution in [2.75, 3.05) is 6.54 Å². The van der Waals surface area contributed by atoms with Crippen molar-refractivity contribution < 1.29 is 57.9 Å². The second-order valence-corrected chi connectivity index (χ2v) is 13.6. The van der Waals surface area contributed by atoms with Gasteiger partial charge in [0.2, 0.25) is 0 Å². The first-order valence-electron chi connectivity index (χ1n) is 17.2. The Balaban J connectivity index is 0.000000193. The van der Waals surface area contributed by atoms with E-state index in [1.807, 2.05) is 0 Å². The van der Waals surface area contributed by atoms with Crippen LogP contribution in [0.3, 0.4) is 0 Å². The molecule has 0 unspecified atom stereocenters. The first-order valence-corrected chi connectivity index (χ1v) is 17.2. The fraction of sp³-hybridized carbons (Fsp3) is 0.351. The molecule has 0 aliphatic heterocycles. The molecular formula is C37H29F10N7O3. The van der Waals surface area contributed by atoms with E-state index in [2.05, 4.69) is 30.1 Å². The fourth-order valence-corrected chi connectivity index (χ4v) is 6.69. The third-order valence-electron chi connectivity index (χ3n) is 10.0. The van der Waals surface area contributed by atoms with E-state index in [1.165, 1.54) is 24.8 Å². The van der Waals surface area contributed by atoms with Crippen LogP contribution in [0.4, 0.5) is 43.9 Å². The Bertz CT molecular complexity index is 2250. The average Bonchev–Trinajstić information content (AvgIpc) is 3.65. The SMILES string of the molecule is Fc1cc(F)c(C2(Cc3ncc(-c4nnc(C(F)F)o4)cn3)CCC2)cc1F.O=C(CNC(=O)C(F)F)c1cnc(CC2(c3cc(F)c(F)cc3F)CCC2)nc1. The Labute approximate surface area is 316 Å². The van der Waals surface area contributed by atoms with E-state index in [4.69, 9.17) is 4.42 Å². The lowest BCUT2D eigenvalue weighted by Gasteiger charge is -2.42. The van der Waals surface area contributed by atoms with Crippen molar-refractivity contribution in [3.63, 3.8) is 0 Å². The fourth-order valence-electron chi connectivity index (χ4n) is 6.69. The summed E-state index contributed by atoms with van der Waals surface area (Å²) in [5.74, 6) is -8.95. The van der Waals surface area contributed by atoms with Gasteiger partial charge in [-0.05, 0) is 48.9 Å². The molecular weight excluding hydrogens is 780 g/mol. The number of nitrogens with one attached hydrogen (secondary N) is 1. The zero-order valence-electron chi connectivity index (χ0n) is 29.3. The number of nitrogens with zero attached hydrogens (tertiary/aromatic N) is 6. The number of benzene rings is 2. The number of carbonyl (C=O) groups is 2. The molecule has 2 aliphatic rings. The molecule has 7 rings (SSSR count). The van der Waals surface area contributed by atoms with Crippen LogP contribution in [0.25, 0.3) is 11.5 Å². The summed E-state index contributed by atoms with van der Waals surface area (Å²) in [7, 11) is 0. The molecule has 10 nitrogen and oxygen atoms in total. The Morgan fingerprint density at radius 1 is 0.649 bits per heavy atom. The van der Waals surface area contributed by atoms with Crippen molar-refractivity contribution in [1.29, 1.82) is 0 Å². The summed E-state index contributed by atoms with van der Waals surface area (Å²) in [6.45, 7) is -0.629. The van der Waals surface area contributed by atoms with Gasteiger partial charge in [0.15, 0.2) is 29.1 Å². The van der Waals surface area contributed by atoms with E-state index < -0.39 is 82.7 Å². The summed E-state index contributed by atoms with van der Waals surface area (Å²) < 4.78 is 136. The number of carbonyl (C=O) groups excluding carboxylic acids is 2. The second kappa shape index (κ2) is 16.7. The first kappa shape index (κ1) is 40.8. The highest BCUT2D eigenvalue weighted by Crippen LogP contribution is 2.48. The van der Waals surface area contributed by atoms with Crippen LogP contribution in [0.5, 0.6) is 0 Å². The highest BCUT2D eigenvalue weighted by molar-refractivity contribution is 5.99. The van der Waals surface area contributed by atoms with Gasteiger partial charge in [0.05, 0.1) is 17.7 Å². The number of hydrogen-bond donors (Lipinski definition) is 1. The number of amides is 1. The molecule has 0 radical (unpaired) electrons. The summed E-state index contributed by atoms with van der Waals surface area (Å²) >= 11 is 0. The molecule has 300 valence electrons. The van der Waals surface area contributed by atoms with Crippen molar-refractivity contribution in [3.05, 3.63) is 118 Å². The van der Waals surface area contributed by atoms with Gasteiger partial charge in [0.25, 0.3) is 17.7 Å². The topological polar surface area (TPSA) is 137 Å². The van der Waals surface area contributed by atoms with Gasteiger partial charge in [-0.3, -0.25) is 9.59 Å². The van der Waals surface area contributed by atoms with E-state index in [1.54, 1.807) is 5.32 Å². The Hall–Kier alpha value is -5.82. The summed E-state index contributed by atoms with van der Waals surface area (Å²) in [4.78, 5) is 39.1. The van der Waals surface area contributed by atoms with Crippen molar-refractivity contribution in [2.24, 2.45) is 0 Å². The number of Topliss-reactive ketones (excluding diaryl/α,β-unsaturated/α-hetero) is 1. The predicted octanol–water partition coefficient (Wildman–Crippen LogP) is 7.67. The lowest BCUT2D eigenvalue weighted by molar-refractivity contribution is -0.131. The number of alkyl halides is 4. The average molecular weight is 810 g/mol. The highest BCUT2D eigenvalue weighted by atomic mass is 19.3. The molecule has 2 aliphatic carbocycles. The monoisotopic (exact) mass is 809 g/mol. The van der Waals surface area contributed by atoms with Gasteiger partial charge in [-0.2, -0.15) is 17.6 Å². The molecule has 2 fully saturated rings. The van der Waals surface area contributed by atoms with Gasteiger partial charge in [0, 0.05) is 60.6 Å². The van der Waals surface area contributed by atoms with Crippen LogP contribution in [0.1, 0.15) is 84.0 Å². The van der Waals surface area contributed by atoms with Crippen LogP contribution in [0.15, 0.2) is 53.5 Å². The molecule has 0 bridgehead atoms. The zero-order chi connectivity index (χ0) is 41.1. The van der Waals surface area contributed by atoms with Gasteiger partial charge in [0.1, 0.15) is 23.3 Å². The standard InChI is InChI=1S/C19H16F5N3O2.C18H13F5N4O/c20-12-5-14(22)13(21)4-11(12)19(2-1-3-19)6-16-25-7-10(8-26-16)15(28)9-27-18(29)17(23)24;19-11-5-13(21)12(20)4-10(11)18(2-1-3-18)6-14-24-7-9(8-25-14)16-26-27-17(28-16)15(22)23/h4-5,7-8,17H,1-3,6,9H2,(H,27,29);4-5,7-8,15H,1-3,6H2. The largest absolute Gasteiger partial charge is 0.415 e. The molecule has 2 saturated carbocycles. The number of hydrogen-bond acceptors (Lipinski definition) is 9. The molecule has 0 spiro atoms. The second-order valence-electron chi connectivity index (χ2n) is 13.6. The zero-order valence-corrected chi connectivity index (χ0v) is 29.3. The van der Waals surface area contributed by atoms with Crippen LogP contribution in [0.2, 0.25) is 0 Å². The Kier molecular flexibility index (Phi) is 12.0. The molecule has 1 N–H and O–H groups in total. The van der Waals surface area contributed by atoms with Crippen LogP contribution < -0.4 is 5.32 Å². The maximum Gasteiger partial charge on any atom is 0.315 e. The van der Waals surface area contributed by atoms with Crippen molar-refractivity contribution >= 4 is 11.7 Å². The van der Waals surface area contributed by atoms with Crippen molar-refractivity contribution in [1.82, 2.24) is 35.5 Å². The molecule has 3 heterocycles. The number of aromatic nitrogens is 6. The number of rotatable bonds is 12. The molecule has 0 atom stereocenters. The molecule has 0 saturated heterocycles. The number of halogens is 10. The van der Waals surface area contributed by atoms with E-state index in [0.29, 0.717) is 43.6 Å². The summed E-state index contributed by atoms with van der Waals surface area (Å²) in [6, 6.07) is 2.81. The normalized spacial score (nSPS) is 15.4. The summed E-state index contributed by atoms with van der Waals surface area (Å²) in [5.41, 5.74) is -1.07. The third kappa shape index (κ3) is 8.93. The lowest BCUT2D eigenvalue weighted by atomic mass is 9.62. The molecule has 3 aromatic heterocycles. The molecule has 1 amide bonds. The maximum absolute atomic E-state index is 14.3. The Morgan fingerprint density at radius 2 is 1.11 bits per heavy atom. The summed E-state index contributed by atoms with van der Waals surface area (Å²) in [5, 5.41) is 8.53. The molecule has 5 aromatic rings. The Morgan fingerprint density at radius 3 is 1.51 bits per heavy atom. The van der Waals surface area contributed by atoms with Gasteiger partial charge in [-0.25, -0.2) is 46.3 Å². The quantitative estimate of drug-likeness (QED) is 0.0765. The smallest absolute Gasteiger partial charge is 0.315 e. The van der Waals surface area contributed by atoms with Crippen LogP contribution in [-0.2, 0) is 28.5 Å². The van der Waals surface area contributed by atoms with Gasteiger partial charge in [-0.1, -0.05) is 12.8 Å². The summed E-state index contributed by atoms with van der Waals surface area (Å²) in [6.07, 6.45) is 3.13. The molecule has 20 heteroatoms. The third-order valence-corrected chi connectivity index (χ3v) is 10.0. The minimum Gasteiger partial charge on any atom is -0.415 e.